The molecule has 0 saturated heterocycles. The average Bonchev–Trinajstić information content (AvgIpc) is 3.47. The molecule has 1 aliphatic rings. The number of furan rings is 1. The molecular formula is C30H35FN2O5. The minimum absolute atomic E-state index is 0.0263. The van der Waals surface area contributed by atoms with Gasteiger partial charge in [0.25, 0.3) is 5.91 Å². The third-order valence-corrected chi connectivity index (χ3v) is 7.07. The fourth-order valence-electron chi connectivity index (χ4n) is 4.95. The molecule has 7 nitrogen and oxygen atoms in total. The number of rotatable bonds is 11. The monoisotopic (exact) mass is 522 g/mol. The first-order chi connectivity index (χ1) is 18.5. The largest absolute Gasteiger partial charge is 0.493 e. The molecule has 0 unspecified atom stereocenters. The average molecular weight is 523 g/mol. The number of hydrogen-bond donors (Lipinski definition) is 0. The van der Waals surface area contributed by atoms with Crippen molar-refractivity contribution in [2.45, 2.75) is 51.1 Å². The van der Waals surface area contributed by atoms with E-state index in [2.05, 4.69) is 0 Å². The van der Waals surface area contributed by atoms with Gasteiger partial charge in [0, 0.05) is 18.2 Å². The highest BCUT2D eigenvalue weighted by atomic mass is 19.1. The van der Waals surface area contributed by atoms with Crippen LogP contribution in [0, 0.1) is 5.82 Å². The molecule has 8 heteroatoms. The zero-order valence-electron chi connectivity index (χ0n) is 22.0. The van der Waals surface area contributed by atoms with Crippen LogP contribution < -0.4 is 9.47 Å². The second kappa shape index (κ2) is 13.1. The summed E-state index contributed by atoms with van der Waals surface area (Å²) in [4.78, 5) is 30.7. The van der Waals surface area contributed by atoms with Gasteiger partial charge in [-0.05, 0) is 73.4 Å². The van der Waals surface area contributed by atoms with E-state index in [1.807, 2.05) is 24.3 Å². The van der Waals surface area contributed by atoms with Crippen molar-refractivity contribution >= 4 is 11.8 Å². The second-order valence-electron chi connectivity index (χ2n) is 9.57. The van der Waals surface area contributed by atoms with E-state index < -0.39 is 5.82 Å². The van der Waals surface area contributed by atoms with E-state index in [9.17, 15) is 14.0 Å². The first-order valence-electron chi connectivity index (χ1n) is 13.1. The smallest absolute Gasteiger partial charge is 0.254 e. The number of benzene rings is 2. The Balaban J connectivity index is 1.53. The Morgan fingerprint density at radius 3 is 2.37 bits per heavy atom. The van der Waals surface area contributed by atoms with Gasteiger partial charge in [-0.15, -0.1) is 0 Å². The maximum Gasteiger partial charge on any atom is 0.254 e. The number of hydrogen-bond acceptors (Lipinski definition) is 5. The third kappa shape index (κ3) is 6.94. The molecule has 1 aliphatic carbocycles. The zero-order chi connectivity index (χ0) is 26.9. The van der Waals surface area contributed by atoms with E-state index in [0.717, 1.165) is 37.7 Å². The summed E-state index contributed by atoms with van der Waals surface area (Å²) in [5.74, 6) is 1.12. The number of methoxy groups -OCH3 is 2. The lowest BCUT2D eigenvalue weighted by atomic mass is 9.93. The summed E-state index contributed by atoms with van der Waals surface area (Å²) in [7, 11) is 3.18. The summed E-state index contributed by atoms with van der Waals surface area (Å²) in [6.45, 7) is 0.675. The first-order valence-corrected chi connectivity index (χ1v) is 13.1. The highest BCUT2D eigenvalue weighted by Crippen LogP contribution is 2.28. The molecule has 0 bridgehead atoms. The fourth-order valence-corrected chi connectivity index (χ4v) is 4.95. The van der Waals surface area contributed by atoms with Crippen LogP contribution in [-0.4, -0.2) is 55.0 Å². The van der Waals surface area contributed by atoms with Gasteiger partial charge in [0.05, 0.1) is 27.0 Å². The van der Waals surface area contributed by atoms with Crippen molar-refractivity contribution in [1.29, 1.82) is 0 Å². The maximum absolute atomic E-state index is 13.7. The van der Waals surface area contributed by atoms with Gasteiger partial charge in [0.1, 0.15) is 18.1 Å². The van der Waals surface area contributed by atoms with Crippen LogP contribution in [0.25, 0.3) is 0 Å². The number of amides is 2. The van der Waals surface area contributed by atoms with Gasteiger partial charge in [-0.25, -0.2) is 4.39 Å². The van der Waals surface area contributed by atoms with Crippen molar-refractivity contribution in [2.75, 3.05) is 27.3 Å². The zero-order valence-corrected chi connectivity index (χ0v) is 22.0. The van der Waals surface area contributed by atoms with Gasteiger partial charge < -0.3 is 23.7 Å². The second-order valence-corrected chi connectivity index (χ2v) is 9.57. The van der Waals surface area contributed by atoms with E-state index in [1.54, 1.807) is 36.3 Å². The minimum atomic E-state index is -0.401. The molecule has 0 aliphatic heterocycles. The molecule has 3 aromatic rings. The van der Waals surface area contributed by atoms with Crippen LogP contribution in [0.3, 0.4) is 0 Å². The molecule has 202 valence electrons. The van der Waals surface area contributed by atoms with Crippen molar-refractivity contribution < 1.29 is 27.9 Å². The van der Waals surface area contributed by atoms with Crippen LogP contribution >= 0.6 is 0 Å². The maximum atomic E-state index is 13.7. The predicted octanol–water partition coefficient (Wildman–Crippen LogP) is 5.48. The lowest BCUT2D eigenvalue weighted by molar-refractivity contribution is -0.133. The van der Waals surface area contributed by atoms with Crippen LogP contribution in [0.1, 0.15) is 53.8 Å². The van der Waals surface area contributed by atoms with E-state index in [4.69, 9.17) is 13.9 Å². The number of carbonyl (C=O) groups is 2. The summed E-state index contributed by atoms with van der Waals surface area (Å²) in [6.07, 6.45) is 7.02. The minimum Gasteiger partial charge on any atom is -0.493 e. The molecule has 2 amide bonds. The molecule has 0 spiro atoms. The number of halogens is 1. The summed E-state index contributed by atoms with van der Waals surface area (Å²) < 4.78 is 29.8. The lowest BCUT2D eigenvalue weighted by Crippen LogP contribution is -2.48. The van der Waals surface area contributed by atoms with Crippen LogP contribution in [0.5, 0.6) is 11.5 Å². The van der Waals surface area contributed by atoms with Crippen LogP contribution in [0.2, 0.25) is 0 Å². The predicted molar refractivity (Wildman–Crippen MR) is 142 cm³/mol. The van der Waals surface area contributed by atoms with Gasteiger partial charge in [-0.3, -0.25) is 9.59 Å². The van der Waals surface area contributed by atoms with Crippen LogP contribution in [0.15, 0.2) is 65.3 Å². The Labute approximate surface area is 223 Å². The van der Waals surface area contributed by atoms with Gasteiger partial charge in [-0.1, -0.05) is 25.3 Å². The molecule has 1 heterocycles. The molecule has 38 heavy (non-hydrogen) atoms. The quantitative estimate of drug-likeness (QED) is 0.333. The number of ether oxygens (including phenoxy) is 2. The molecule has 1 aromatic heterocycles. The van der Waals surface area contributed by atoms with E-state index in [0.29, 0.717) is 42.3 Å². The SMILES string of the molecule is COc1ccc(CCN(Cc2ccco2)C(=O)CN(C(=O)c2ccc(F)cc2)C2CCCCC2)cc1OC. The molecule has 4 rings (SSSR count). The van der Waals surface area contributed by atoms with Crippen LogP contribution in [0.4, 0.5) is 4.39 Å². The third-order valence-electron chi connectivity index (χ3n) is 7.07. The van der Waals surface area contributed by atoms with Gasteiger partial charge in [0.2, 0.25) is 5.91 Å². The number of carbonyl (C=O) groups excluding carboxylic acids is 2. The molecule has 2 aromatic carbocycles. The summed E-state index contributed by atoms with van der Waals surface area (Å²) in [6, 6.07) is 14.8. The Bertz CT molecular complexity index is 1190. The summed E-state index contributed by atoms with van der Waals surface area (Å²) in [5.41, 5.74) is 1.37. The van der Waals surface area contributed by atoms with Crippen molar-refractivity contribution in [3.05, 3.63) is 83.6 Å². The normalized spacial score (nSPS) is 13.7. The van der Waals surface area contributed by atoms with Gasteiger partial charge >= 0.3 is 0 Å². The molecule has 0 atom stereocenters. The summed E-state index contributed by atoms with van der Waals surface area (Å²) >= 11 is 0. The van der Waals surface area contributed by atoms with Crippen molar-refractivity contribution in [3.63, 3.8) is 0 Å². The van der Waals surface area contributed by atoms with Crippen molar-refractivity contribution in [3.8, 4) is 11.5 Å². The van der Waals surface area contributed by atoms with E-state index >= 15 is 0 Å². The topological polar surface area (TPSA) is 72.2 Å². The van der Waals surface area contributed by atoms with E-state index in [1.165, 1.54) is 24.3 Å². The van der Waals surface area contributed by atoms with Crippen LogP contribution in [-0.2, 0) is 17.8 Å². The Morgan fingerprint density at radius 1 is 0.974 bits per heavy atom. The fraction of sp³-hybridized carbons (Fsp3) is 0.400. The van der Waals surface area contributed by atoms with Crippen molar-refractivity contribution in [2.24, 2.45) is 0 Å². The molecular weight excluding hydrogens is 487 g/mol. The Morgan fingerprint density at radius 2 is 1.71 bits per heavy atom. The highest BCUT2D eigenvalue weighted by Gasteiger charge is 2.30. The van der Waals surface area contributed by atoms with Gasteiger partial charge in [-0.2, -0.15) is 0 Å². The Hall–Kier alpha value is -3.81. The standard InChI is InChI=1S/C30H35FN2O5/c1-36-27-15-10-22(19-28(27)37-2)16-17-32(20-26-9-6-18-38-26)29(34)21-33(25-7-4-3-5-8-25)30(35)23-11-13-24(31)14-12-23/h6,9-15,18-19,25H,3-5,7-8,16-17,20-21H2,1-2H3. The molecule has 0 N–H and O–H groups in total. The highest BCUT2D eigenvalue weighted by molar-refractivity contribution is 5.96. The molecule has 1 fully saturated rings. The van der Waals surface area contributed by atoms with E-state index in [-0.39, 0.29) is 24.4 Å². The molecule has 0 radical (unpaired) electrons. The summed E-state index contributed by atoms with van der Waals surface area (Å²) in [5, 5.41) is 0. The molecule has 1 saturated carbocycles. The Kier molecular flexibility index (Phi) is 9.40. The first kappa shape index (κ1) is 27.2. The lowest BCUT2D eigenvalue weighted by Gasteiger charge is -2.35. The number of nitrogens with zero attached hydrogens (tertiary/aromatic N) is 2. The van der Waals surface area contributed by atoms with Gasteiger partial charge in [0.15, 0.2) is 11.5 Å². The van der Waals surface area contributed by atoms with Crippen molar-refractivity contribution in [1.82, 2.24) is 9.80 Å².